The number of pyridine rings is 1. The van der Waals surface area contributed by atoms with E-state index in [4.69, 9.17) is 9.84 Å². The van der Waals surface area contributed by atoms with Crippen LogP contribution in [0.4, 0.5) is 5.82 Å². The molecule has 0 spiro atoms. The van der Waals surface area contributed by atoms with Crippen LogP contribution < -0.4 is 5.32 Å². The molecule has 5 heteroatoms. The van der Waals surface area contributed by atoms with E-state index in [0.29, 0.717) is 18.1 Å². The molecular formula is C13H16N2O3. The summed E-state index contributed by atoms with van der Waals surface area (Å²) in [5, 5.41) is 12.2. The van der Waals surface area contributed by atoms with Gasteiger partial charge >= 0.3 is 5.97 Å². The smallest absolute Gasteiger partial charge is 0.337 e. The summed E-state index contributed by atoms with van der Waals surface area (Å²) in [6, 6.07) is 3.59. The Labute approximate surface area is 105 Å². The third-order valence-electron chi connectivity index (χ3n) is 3.57. The molecule has 0 aromatic carbocycles. The zero-order valence-electron chi connectivity index (χ0n) is 10.0. The minimum atomic E-state index is -0.950. The van der Waals surface area contributed by atoms with Gasteiger partial charge < -0.3 is 15.2 Å². The molecular weight excluding hydrogens is 232 g/mol. The van der Waals surface area contributed by atoms with Gasteiger partial charge in [0.1, 0.15) is 5.82 Å². The fourth-order valence-corrected chi connectivity index (χ4v) is 2.45. The van der Waals surface area contributed by atoms with Crippen LogP contribution in [0.3, 0.4) is 0 Å². The van der Waals surface area contributed by atoms with Gasteiger partial charge in [-0.05, 0) is 37.3 Å². The first kappa shape index (κ1) is 11.5. The van der Waals surface area contributed by atoms with Gasteiger partial charge in [-0.3, -0.25) is 0 Å². The molecule has 1 aliphatic carbocycles. The molecule has 18 heavy (non-hydrogen) atoms. The Bertz CT molecular complexity index is 442. The van der Waals surface area contributed by atoms with Crippen LogP contribution >= 0.6 is 0 Å². The maximum Gasteiger partial charge on any atom is 0.337 e. The summed E-state index contributed by atoms with van der Waals surface area (Å²) in [5.74, 6) is 0.471. The van der Waals surface area contributed by atoms with E-state index < -0.39 is 5.97 Å². The SMILES string of the molecule is O=C(O)c1ccc(NC2CCOC2C2CC2)nc1. The molecule has 1 aliphatic heterocycles. The summed E-state index contributed by atoms with van der Waals surface area (Å²) in [6.07, 6.45) is 5.18. The highest BCUT2D eigenvalue weighted by atomic mass is 16.5. The van der Waals surface area contributed by atoms with E-state index in [-0.39, 0.29) is 5.56 Å². The zero-order valence-corrected chi connectivity index (χ0v) is 10.0. The Morgan fingerprint density at radius 2 is 2.22 bits per heavy atom. The predicted molar refractivity (Wildman–Crippen MR) is 65.7 cm³/mol. The van der Waals surface area contributed by atoms with Crippen LogP contribution in [0.2, 0.25) is 0 Å². The van der Waals surface area contributed by atoms with Gasteiger partial charge in [0.15, 0.2) is 0 Å². The van der Waals surface area contributed by atoms with Gasteiger partial charge in [-0.25, -0.2) is 9.78 Å². The topological polar surface area (TPSA) is 71.5 Å². The van der Waals surface area contributed by atoms with Gasteiger partial charge in [-0.1, -0.05) is 0 Å². The van der Waals surface area contributed by atoms with Gasteiger partial charge in [-0.15, -0.1) is 0 Å². The second-order valence-corrected chi connectivity index (χ2v) is 4.95. The number of ether oxygens (including phenoxy) is 1. The maximum atomic E-state index is 10.7. The second-order valence-electron chi connectivity index (χ2n) is 4.95. The number of hydrogen-bond donors (Lipinski definition) is 2. The lowest BCUT2D eigenvalue weighted by molar-refractivity contribution is 0.0696. The first-order chi connectivity index (χ1) is 8.74. The number of carboxylic acid groups (broad SMARTS) is 1. The van der Waals surface area contributed by atoms with Crippen molar-refractivity contribution in [3.63, 3.8) is 0 Å². The monoisotopic (exact) mass is 248 g/mol. The van der Waals surface area contributed by atoms with Crippen molar-refractivity contribution < 1.29 is 14.6 Å². The first-order valence-electron chi connectivity index (χ1n) is 6.31. The second kappa shape index (κ2) is 4.57. The van der Waals surface area contributed by atoms with E-state index >= 15 is 0 Å². The van der Waals surface area contributed by atoms with E-state index in [9.17, 15) is 4.79 Å². The first-order valence-corrected chi connectivity index (χ1v) is 6.31. The van der Waals surface area contributed by atoms with Crippen molar-refractivity contribution in [3.05, 3.63) is 23.9 Å². The maximum absolute atomic E-state index is 10.7. The number of hydrogen-bond acceptors (Lipinski definition) is 4. The van der Waals surface area contributed by atoms with Crippen LogP contribution in [-0.2, 0) is 4.74 Å². The Balaban J connectivity index is 1.66. The minimum absolute atomic E-state index is 0.210. The number of rotatable bonds is 4. The fraction of sp³-hybridized carbons (Fsp3) is 0.538. The Morgan fingerprint density at radius 1 is 1.39 bits per heavy atom. The molecule has 1 saturated carbocycles. The van der Waals surface area contributed by atoms with Crippen molar-refractivity contribution in [2.75, 3.05) is 11.9 Å². The average molecular weight is 248 g/mol. The molecule has 0 radical (unpaired) electrons. The molecule has 3 rings (SSSR count). The highest BCUT2D eigenvalue weighted by Crippen LogP contribution is 2.39. The number of anilines is 1. The lowest BCUT2D eigenvalue weighted by atomic mass is 10.1. The van der Waals surface area contributed by atoms with Gasteiger partial charge in [0, 0.05) is 12.8 Å². The third-order valence-corrected chi connectivity index (χ3v) is 3.57. The highest BCUT2D eigenvalue weighted by molar-refractivity contribution is 5.87. The van der Waals surface area contributed by atoms with Gasteiger partial charge in [0.25, 0.3) is 0 Å². The number of aromatic carboxylic acids is 1. The largest absolute Gasteiger partial charge is 0.478 e. The normalized spacial score (nSPS) is 27.1. The van der Waals surface area contributed by atoms with Crippen LogP contribution in [0, 0.1) is 5.92 Å². The summed E-state index contributed by atoms with van der Waals surface area (Å²) in [4.78, 5) is 14.9. The molecule has 0 bridgehead atoms. The fourth-order valence-electron chi connectivity index (χ4n) is 2.45. The molecule has 0 amide bonds. The van der Waals surface area contributed by atoms with Crippen LogP contribution in [0.25, 0.3) is 0 Å². The Morgan fingerprint density at radius 3 is 2.83 bits per heavy atom. The van der Waals surface area contributed by atoms with E-state index in [1.54, 1.807) is 12.1 Å². The van der Waals surface area contributed by atoms with Gasteiger partial charge in [0.2, 0.25) is 0 Å². The molecule has 2 N–H and O–H groups in total. The molecule has 1 aromatic heterocycles. The van der Waals surface area contributed by atoms with Crippen LogP contribution in [-0.4, -0.2) is 34.8 Å². The molecule has 2 fully saturated rings. The number of aromatic nitrogens is 1. The lowest BCUT2D eigenvalue weighted by Gasteiger charge is -2.19. The Hall–Kier alpha value is -1.62. The molecule has 2 atom stereocenters. The van der Waals surface area contributed by atoms with Crippen LogP contribution in [0.5, 0.6) is 0 Å². The third kappa shape index (κ3) is 2.31. The molecule has 2 unspecified atom stereocenters. The summed E-state index contributed by atoms with van der Waals surface area (Å²) >= 11 is 0. The van der Waals surface area contributed by atoms with Gasteiger partial charge in [-0.2, -0.15) is 0 Å². The standard InChI is InChI=1S/C13H16N2O3/c16-13(17)9-3-4-11(14-7-9)15-10-5-6-18-12(10)8-1-2-8/h3-4,7-8,10,12H,1-2,5-6H2,(H,14,15)(H,16,17). The number of carbonyl (C=O) groups is 1. The number of nitrogens with one attached hydrogen (secondary N) is 1. The van der Waals surface area contributed by atoms with Crippen molar-refractivity contribution in [3.8, 4) is 0 Å². The molecule has 96 valence electrons. The van der Waals surface area contributed by atoms with Crippen molar-refractivity contribution in [2.24, 2.45) is 5.92 Å². The summed E-state index contributed by atoms with van der Waals surface area (Å²) in [6.45, 7) is 0.798. The van der Waals surface area contributed by atoms with Crippen LogP contribution in [0.15, 0.2) is 18.3 Å². The summed E-state index contributed by atoms with van der Waals surface area (Å²) in [7, 11) is 0. The Kier molecular flexibility index (Phi) is 2.91. The molecule has 5 nitrogen and oxygen atoms in total. The molecule has 2 aliphatic rings. The summed E-state index contributed by atoms with van der Waals surface area (Å²) < 4.78 is 5.74. The van der Waals surface area contributed by atoms with Crippen molar-refractivity contribution in [2.45, 2.75) is 31.4 Å². The van der Waals surface area contributed by atoms with Crippen molar-refractivity contribution in [1.82, 2.24) is 4.98 Å². The van der Waals surface area contributed by atoms with E-state index in [1.165, 1.54) is 19.0 Å². The van der Waals surface area contributed by atoms with Crippen molar-refractivity contribution in [1.29, 1.82) is 0 Å². The molecule has 1 aromatic rings. The van der Waals surface area contributed by atoms with E-state index in [1.807, 2.05) is 0 Å². The van der Waals surface area contributed by atoms with E-state index in [2.05, 4.69) is 10.3 Å². The van der Waals surface area contributed by atoms with E-state index in [0.717, 1.165) is 18.8 Å². The van der Waals surface area contributed by atoms with Crippen LogP contribution in [0.1, 0.15) is 29.6 Å². The van der Waals surface area contributed by atoms with Crippen molar-refractivity contribution >= 4 is 11.8 Å². The quantitative estimate of drug-likeness (QED) is 0.849. The molecule has 1 saturated heterocycles. The number of nitrogens with zero attached hydrogens (tertiary/aromatic N) is 1. The zero-order chi connectivity index (χ0) is 12.5. The lowest BCUT2D eigenvalue weighted by Crippen LogP contribution is -2.31. The molecule has 2 heterocycles. The predicted octanol–water partition coefficient (Wildman–Crippen LogP) is 1.76. The number of carboxylic acids is 1. The van der Waals surface area contributed by atoms with Gasteiger partial charge in [0.05, 0.1) is 17.7 Å². The minimum Gasteiger partial charge on any atom is -0.478 e. The highest BCUT2D eigenvalue weighted by Gasteiger charge is 2.40. The summed E-state index contributed by atoms with van der Waals surface area (Å²) in [5.41, 5.74) is 0.210. The average Bonchev–Trinajstić information content (AvgIpc) is 3.11.